The molecular weight excluding hydrogens is 257 g/mol. The van der Waals surface area contributed by atoms with Crippen LogP contribution in [0.5, 0.6) is 11.6 Å². The molecule has 0 saturated heterocycles. The van der Waals surface area contributed by atoms with E-state index in [4.69, 9.17) is 27.9 Å². The van der Waals surface area contributed by atoms with Crippen LogP contribution in [0.1, 0.15) is 11.3 Å². The molecule has 0 aliphatic carbocycles. The van der Waals surface area contributed by atoms with E-state index in [1.807, 2.05) is 13.0 Å². The van der Waals surface area contributed by atoms with Gasteiger partial charge in [0.25, 0.3) is 0 Å². The lowest BCUT2D eigenvalue weighted by atomic mass is 10.2. The lowest BCUT2D eigenvalue weighted by Crippen LogP contribution is -1.93. The number of rotatable bonds is 3. The largest absolute Gasteiger partial charge is 0.439 e. The molecule has 2 nitrogen and oxygen atoms in total. The summed E-state index contributed by atoms with van der Waals surface area (Å²) in [4.78, 5) is 4.32. The lowest BCUT2D eigenvalue weighted by molar-refractivity contribution is 0.461. The van der Waals surface area contributed by atoms with E-state index in [-0.39, 0.29) is 0 Å². The van der Waals surface area contributed by atoms with Crippen molar-refractivity contribution in [3.8, 4) is 11.6 Å². The van der Waals surface area contributed by atoms with Crippen LogP contribution in [0.4, 0.5) is 0 Å². The van der Waals surface area contributed by atoms with Crippen molar-refractivity contribution in [3.05, 3.63) is 52.7 Å². The Morgan fingerprint density at radius 2 is 1.82 bits per heavy atom. The number of halogens is 2. The van der Waals surface area contributed by atoms with E-state index >= 15 is 0 Å². The Morgan fingerprint density at radius 3 is 2.41 bits per heavy atom. The van der Waals surface area contributed by atoms with Gasteiger partial charge in [0.15, 0.2) is 0 Å². The van der Waals surface area contributed by atoms with Crippen molar-refractivity contribution in [1.82, 2.24) is 4.98 Å². The first-order valence-electron chi connectivity index (χ1n) is 5.15. The number of aromatic nitrogens is 1. The van der Waals surface area contributed by atoms with E-state index in [9.17, 15) is 0 Å². The standard InChI is InChI=1S/C13H11Cl2NO/c1-9-10(8-14)2-7-13(16-9)17-12-5-3-11(15)4-6-12/h2-7H,8H2,1H3. The van der Waals surface area contributed by atoms with Crippen LogP contribution in [0.3, 0.4) is 0 Å². The van der Waals surface area contributed by atoms with Gasteiger partial charge >= 0.3 is 0 Å². The Kier molecular flexibility index (Phi) is 3.87. The summed E-state index contributed by atoms with van der Waals surface area (Å²) in [7, 11) is 0. The Balaban J connectivity index is 2.19. The molecule has 17 heavy (non-hydrogen) atoms. The van der Waals surface area contributed by atoms with Crippen LogP contribution in [0.25, 0.3) is 0 Å². The third-order valence-electron chi connectivity index (χ3n) is 2.35. The Bertz CT molecular complexity index is 511. The van der Waals surface area contributed by atoms with Crippen LogP contribution in [0.15, 0.2) is 36.4 Å². The summed E-state index contributed by atoms with van der Waals surface area (Å²) in [5, 5.41) is 0.680. The first-order valence-corrected chi connectivity index (χ1v) is 6.06. The second-order valence-corrected chi connectivity index (χ2v) is 4.29. The van der Waals surface area contributed by atoms with E-state index in [1.165, 1.54) is 0 Å². The van der Waals surface area contributed by atoms with Crippen molar-refractivity contribution in [2.24, 2.45) is 0 Å². The van der Waals surface area contributed by atoms with E-state index in [0.717, 1.165) is 11.3 Å². The summed E-state index contributed by atoms with van der Waals surface area (Å²) in [6, 6.07) is 10.9. The molecule has 1 aromatic heterocycles. The smallest absolute Gasteiger partial charge is 0.219 e. The zero-order chi connectivity index (χ0) is 12.3. The molecule has 2 aromatic rings. The van der Waals surface area contributed by atoms with Crippen molar-refractivity contribution in [1.29, 1.82) is 0 Å². The molecule has 1 heterocycles. The second-order valence-electron chi connectivity index (χ2n) is 3.58. The second kappa shape index (κ2) is 5.39. The quantitative estimate of drug-likeness (QED) is 0.760. The average molecular weight is 268 g/mol. The first-order chi connectivity index (χ1) is 8.19. The minimum Gasteiger partial charge on any atom is -0.439 e. The molecule has 0 fully saturated rings. The molecule has 0 amide bonds. The van der Waals surface area contributed by atoms with Crippen LogP contribution < -0.4 is 4.74 Å². The molecule has 1 aromatic carbocycles. The average Bonchev–Trinajstić information content (AvgIpc) is 2.32. The molecule has 0 spiro atoms. The first kappa shape index (κ1) is 12.2. The van der Waals surface area contributed by atoms with Gasteiger partial charge in [-0.3, -0.25) is 0 Å². The van der Waals surface area contributed by atoms with Crippen molar-refractivity contribution >= 4 is 23.2 Å². The minimum absolute atomic E-state index is 0.458. The van der Waals surface area contributed by atoms with Gasteiger partial charge in [-0.05, 0) is 36.8 Å². The van der Waals surface area contributed by atoms with Crippen molar-refractivity contribution in [2.45, 2.75) is 12.8 Å². The number of ether oxygens (including phenoxy) is 1. The number of hydrogen-bond acceptors (Lipinski definition) is 2. The molecule has 0 unspecified atom stereocenters. The van der Waals surface area contributed by atoms with Crippen molar-refractivity contribution in [2.75, 3.05) is 0 Å². The van der Waals surface area contributed by atoms with Crippen molar-refractivity contribution in [3.63, 3.8) is 0 Å². The molecule has 0 N–H and O–H groups in total. The van der Waals surface area contributed by atoms with Gasteiger partial charge in [-0.25, -0.2) is 4.98 Å². The molecular formula is C13H11Cl2NO. The summed E-state index contributed by atoms with van der Waals surface area (Å²) >= 11 is 11.6. The lowest BCUT2D eigenvalue weighted by Gasteiger charge is -2.07. The summed E-state index contributed by atoms with van der Waals surface area (Å²) < 4.78 is 5.60. The van der Waals surface area contributed by atoms with Crippen LogP contribution in [-0.4, -0.2) is 4.98 Å². The van der Waals surface area contributed by atoms with E-state index in [2.05, 4.69) is 4.98 Å². The van der Waals surface area contributed by atoms with Crippen LogP contribution in [0, 0.1) is 6.92 Å². The summed E-state index contributed by atoms with van der Waals surface area (Å²) in [5.41, 5.74) is 1.89. The number of alkyl halides is 1. The van der Waals surface area contributed by atoms with E-state index < -0.39 is 0 Å². The van der Waals surface area contributed by atoms with Gasteiger partial charge in [0, 0.05) is 22.7 Å². The fraction of sp³-hybridized carbons (Fsp3) is 0.154. The highest BCUT2D eigenvalue weighted by Crippen LogP contribution is 2.22. The highest BCUT2D eigenvalue weighted by Gasteiger charge is 2.03. The third kappa shape index (κ3) is 3.11. The summed E-state index contributed by atoms with van der Waals surface area (Å²) in [6.45, 7) is 1.91. The number of benzene rings is 1. The molecule has 2 rings (SSSR count). The maximum absolute atomic E-state index is 5.79. The van der Waals surface area contributed by atoms with Gasteiger partial charge in [-0.15, -0.1) is 11.6 Å². The number of hydrogen-bond donors (Lipinski definition) is 0. The summed E-state index contributed by atoms with van der Waals surface area (Å²) in [6.07, 6.45) is 0. The molecule has 0 saturated carbocycles. The molecule has 0 atom stereocenters. The van der Waals surface area contributed by atoms with Crippen LogP contribution in [0.2, 0.25) is 5.02 Å². The molecule has 4 heteroatoms. The van der Waals surface area contributed by atoms with Gasteiger partial charge in [-0.2, -0.15) is 0 Å². The molecule has 0 radical (unpaired) electrons. The summed E-state index contributed by atoms with van der Waals surface area (Å²) in [5.74, 6) is 1.72. The normalized spacial score (nSPS) is 10.3. The molecule has 0 aliphatic rings. The van der Waals surface area contributed by atoms with E-state index in [0.29, 0.717) is 22.5 Å². The predicted octanol–water partition coefficient (Wildman–Crippen LogP) is 4.57. The number of aryl methyl sites for hydroxylation is 1. The van der Waals surface area contributed by atoms with Gasteiger partial charge < -0.3 is 4.74 Å². The molecule has 88 valence electrons. The predicted molar refractivity (Wildman–Crippen MR) is 70.1 cm³/mol. The van der Waals surface area contributed by atoms with Gasteiger partial charge in [0.2, 0.25) is 5.88 Å². The molecule has 0 bridgehead atoms. The Labute approximate surface area is 110 Å². The fourth-order valence-corrected chi connectivity index (χ4v) is 1.80. The zero-order valence-electron chi connectivity index (χ0n) is 9.28. The topological polar surface area (TPSA) is 22.1 Å². The maximum Gasteiger partial charge on any atom is 0.219 e. The zero-order valence-corrected chi connectivity index (χ0v) is 10.8. The van der Waals surface area contributed by atoms with Gasteiger partial charge in [0.05, 0.1) is 0 Å². The SMILES string of the molecule is Cc1nc(Oc2ccc(Cl)cc2)ccc1CCl. The van der Waals surface area contributed by atoms with E-state index in [1.54, 1.807) is 30.3 Å². The van der Waals surface area contributed by atoms with Crippen LogP contribution >= 0.6 is 23.2 Å². The highest BCUT2D eigenvalue weighted by atomic mass is 35.5. The third-order valence-corrected chi connectivity index (χ3v) is 2.89. The van der Waals surface area contributed by atoms with Crippen LogP contribution in [-0.2, 0) is 5.88 Å². The number of pyridine rings is 1. The van der Waals surface area contributed by atoms with Crippen molar-refractivity contribution < 1.29 is 4.74 Å². The maximum atomic E-state index is 5.79. The van der Waals surface area contributed by atoms with Gasteiger partial charge in [-0.1, -0.05) is 17.7 Å². The highest BCUT2D eigenvalue weighted by molar-refractivity contribution is 6.30. The Hall–Kier alpha value is -1.25. The monoisotopic (exact) mass is 267 g/mol. The molecule has 0 aliphatic heterocycles. The van der Waals surface area contributed by atoms with Gasteiger partial charge in [0.1, 0.15) is 5.75 Å². The Morgan fingerprint density at radius 1 is 1.12 bits per heavy atom. The number of nitrogens with zero attached hydrogens (tertiary/aromatic N) is 1. The minimum atomic E-state index is 0.458. The fourth-order valence-electron chi connectivity index (χ4n) is 1.39.